The van der Waals surface area contributed by atoms with Gasteiger partial charge in [0.05, 0.1) is 7.11 Å². The third-order valence-corrected chi connectivity index (χ3v) is 3.48. The van der Waals surface area contributed by atoms with E-state index >= 15 is 0 Å². The highest BCUT2D eigenvalue weighted by atomic mass is 16.5. The van der Waals surface area contributed by atoms with Crippen molar-refractivity contribution < 1.29 is 4.74 Å². The van der Waals surface area contributed by atoms with Gasteiger partial charge >= 0.3 is 0 Å². The maximum absolute atomic E-state index is 5.78. The fourth-order valence-electron chi connectivity index (χ4n) is 2.21. The molecule has 0 aliphatic carbocycles. The van der Waals surface area contributed by atoms with Gasteiger partial charge in [0, 0.05) is 12.2 Å². The lowest BCUT2D eigenvalue weighted by Gasteiger charge is -2.20. The van der Waals surface area contributed by atoms with Crippen LogP contribution in [0.3, 0.4) is 0 Å². The van der Waals surface area contributed by atoms with Gasteiger partial charge in [-0.15, -0.1) is 0 Å². The zero-order chi connectivity index (χ0) is 13.7. The molecule has 3 N–H and O–H groups in total. The van der Waals surface area contributed by atoms with Crippen LogP contribution in [0.15, 0.2) is 12.1 Å². The van der Waals surface area contributed by atoms with E-state index in [-0.39, 0.29) is 0 Å². The third-order valence-electron chi connectivity index (χ3n) is 3.48. The fourth-order valence-corrected chi connectivity index (χ4v) is 2.21. The van der Waals surface area contributed by atoms with E-state index in [1.165, 1.54) is 0 Å². The first-order chi connectivity index (χ1) is 8.49. The van der Waals surface area contributed by atoms with Gasteiger partial charge in [-0.05, 0) is 55.5 Å². The summed E-state index contributed by atoms with van der Waals surface area (Å²) in [6.07, 6.45) is 0. The van der Waals surface area contributed by atoms with Crippen molar-refractivity contribution in [3.63, 3.8) is 0 Å². The smallest absolute Gasteiger partial charge is 0.124 e. The molecule has 1 aromatic rings. The van der Waals surface area contributed by atoms with Gasteiger partial charge in [0.15, 0.2) is 0 Å². The van der Waals surface area contributed by atoms with Crippen molar-refractivity contribution in [2.24, 2.45) is 17.6 Å². The Morgan fingerprint density at radius 3 is 2.17 bits per heavy atom. The minimum Gasteiger partial charge on any atom is -0.496 e. The number of nitrogens with two attached hydrogens (primary N) is 1. The van der Waals surface area contributed by atoms with Crippen LogP contribution in [0.1, 0.15) is 25.0 Å². The van der Waals surface area contributed by atoms with Gasteiger partial charge in [-0.1, -0.05) is 13.8 Å². The Balaban J connectivity index is 2.74. The molecule has 102 valence electrons. The van der Waals surface area contributed by atoms with Crippen LogP contribution in [0.4, 0.5) is 5.69 Å². The normalized spacial score (nSPS) is 12.6. The van der Waals surface area contributed by atoms with Crippen LogP contribution in [0.2, 0.25) is 0 Å². The summed E-state index contributed by atoms with van der Waals surface area (Å²) in [5, 5.41) is 3.47. The van der Waals surface area contributed by atoms with Crippen molar-refractivity contribution in [1.82, 2.24) is 0 Å². The first-order valence-electron chi connectivity index (χ1n) is 6.58. The molecule has 0 aliphatic rings. The van der Waals surface area contributed by atoms with Crippen LogP contribution in [0, 0.1) is 25.7 Å². The lowest BCUT2D eigenvalue weighted by atomic mass is 9.96. The Kier molecular flexibility index (Phi) is 5.48. The number of aryl methyl sites for hydroxylation is 2. The quantitative estimate of drug-likeness (QED) is 0.816. The molecule has 0 heterocycles. The number of hydrogen-bond acceptors (Lipinski definition) is 3. The van der Waals surface area contributed by atoms with Crippen LogP contribution in [-0.4, -0.2) is 20.2 Å². The Morgan fingerprint density at radius 1 is 1.22 bits per heavy atom. The van der Waals surface area contributed by atoms with Crippen molar-refractivity contribution in [1.29, 1.82) is 0 Å². The molecular formula is C15H26N2O. The molecule has 0 aliphatic heterocycles. The molecule has 0 bridgehead atoms. The fraction of sp³-hybridized carbons (Fsp3) is 0.600. The first kappa shape index (κ1) is 14.8. The minimum absolute atomic E-state index is 0.507. The number of methoxy groups -OCH3 is 1. The van der Waals surface area contributed by atoms with E-state index in [2.05, 4.69) is 45.1 Å². The summed E-state index contributed by atoms with van der Waals surface area (Å²) < 4.78 is 5.37. The molecule has 1 unspecified atom stereocenters. The maximum atomic E-state index is 5.78. The van der Waals surface area contributed by atoms with Gasteiger partial charge in [-0.2, -0.15) is 0 Å². The molecule has 3 heteroatoms. The van der Waals surface area contributed by atoms with Crippen LogP contribution >= 0.6 is 0 Å². The molecule has 1 rings (SSSR count). The van der Waals surface area contributed by atoms with Crippen LogP contribution in [0.25, 0.3) is 0 Å². The van der Waals surface area contributed by atoms with Crippen molar-refractivity contribution in [2.45, 2.75) is 27.7 Å². The van der Waals surface area contributed by atoms with Crippen LogP contribution < -0.4 is 15.8 Å². The molecule has 0 radical (unpaired) electrons. The predicted octanol–water partition coefficient (Wildman–Crippen LogP) is 2.95. The Morgan fingerprint density at radius 2 is 1.78 bits per heavy atom. The largest absolute Gasteiger partial charge is 0.496 e. The monoisotopic (exact) mass is 250 g/mol. The SMILES string of the molecule is COc1c(C)cc(NCC(CN)C(C)C)cc1C. The second kappa shape index (κ2) is 6.64. The average molecular weight is 250 g/mol. The maximum Gasteiger partial charge on any atom is 0.124 e. The molecule has 18 heavy (non-hydrogen) atoms. The molecule has 3 nitrogen and oxygen atoms in total. The number of benzene rings is 1. The second-order valence-electron chi connectivity index (χ2n) is 5.26. The van der Waals surface area contributed by atoms with Crippen molar-refractivity contribution in [2.75, 3.05) is 25.5 Å². The molecule has 0 saturated carbocycles. The summed E-state index contributed by atoms with van der Waals surface area (Å²) in [7, 11) is 1.71. The van der Waals surface area contributed by atoms with E-state index in [9.17, 15) is 0 Å². The summed E-state index contributed by atoms with van der Waals surface area (Å²) in [6.45, 7) is 10.2. The molecule has 0 spiro atoms. The molecule has 1 aromatic carbocycles. The van der Waals surface area contributed by atoms with Gasteiger partial charge in [0.25, 0.3) is 0 Å². The topological polar surface area (TPSA) is 47.3 Å². The average Bonchev–Trinajstić information content (AvgIpc) is 2.29. The third kappa shape index (κ3) is 3.64. The molecule has 1 atom stereocenters. The summed E-state index contributed by atoms with van der Waals surface area (Å²) in [5.41, 5.74) is 9.25. The Labute approximate surface area is 111 Å². The summed E-state index contributed by atoms with van der Waals surface area (Å²) >= 11 is 0. The van der Waals surface area contributed by atoms with E-state index in [1.54, 1.807) is 7.11 Å². The standard InChI is InChI=1S/C15H26N2O/c1-10(2)13(8-16)9-17-14-6-11(3)15(18-5)12(4)7-14/h6-7,10,13,17H,8-9,16H2,1-5H3. The highest BCUT2D eigenvalue weighted by Crippen LogP contribution is 2.27. The lowest BCUT2D eigenvalue weighted by molar-refractivity contribution is 0.408. The second-order valence-corrected chi connectivity index (χ2v) is 5.26. The van der Waals surface area contributed by atoms with Crippen molar-refractivity contribution in [3.05, 3.63) is 23.3 Å². The van der Waals surface area contributed by atoms with Crippen molar-refractivity contribution in [3.8, 4) is 5.75 Å². The van der Waals surface area contributed by atoms with E-state index in [4.69, 9.17) is 10.5 Å². The van der Waals surface area contributed by atoms with E-state index < -0.39 is 0 Å². The zero-order valence-corrected chi connectivity index (χ0v) is 12.2. The van der Waals surface area contributed by atoms with Gasteiger partial charge in [0.1, 0.15) is 5.75 Å². The number of nitrogens with one attached hydrogen (secondary N) is 1. The van der Waals surface area contributed by atoms with Gasteiger partial charge in [0.2, 0.25) is 0 Å². The van der Waals surface area contributed by atoms with Crippen LogP contribution in [-0.2, 0) is 0 Å². The highest BCUT2D eigenvalue weighted by molar-refractivity contribution is 5.55. The van der Waals surface area contributed by atoms with Gasteiger partial charge in [-0.3, -0.25) is 0 Å². The first-order valence-corrected chi connectivity index (χ1v) is 6.58. The highest BCUT2D eigenvalue weighted by Gasteiger charge is 2.11. The number of hydrogen-bond donors (Lipinski definition) is 2. The zero-order valence-electron chi connectivity index (χ0n) is 12.2. The molecule has 0 saturated heterocycles. The predicted molar refractivity (Wildman–Crippen MR) is 78.3 cm³/mol. The molecule has 0 amide bonds. The lowest BCUT2D eigenvalue weighted by Crippen LogP contribution is -2.27. The Bertz CT molecular complexity index is 365. The summed E-state index contributed by atoms with van der Waals surface area (Å²) in [6, 6.07) is 4.25. The number of ether oxygens (including phenoxy) is 1. The summed E-state index contributed by atoms with van der Waals surface area (Å²) in [5.74, 6) is 2.08. The minimum atomic E-state index is 0.507. The molecule has 0 aromatic heterocycles. The molecular weight excluding hydrogens is 224 g/mol. The van der Waals surface area contributed by atoms with Crippen molar-refractivity contribution >= 4 is 5.69 Å². The number of rotatable bonds is 6. The van der Waals surface area contributed by atoms with E-state index in [0.717, 1.165) is 35.7 Å². The summed E-state index contributed by atoms with van der Waals surface area (Å²) in [4.78, 5) is 0. The number of anilines is 1. The molecule has 0 fully saturated rings. The van der Waals surface area contributed by atoms with E-state index in [1.807, 2.05) is 0 Å². The van der Waals surface area contributed by atoms with Crippen LogP contribution in [0.5, 0.6) is 5.75 Å². The van der Waals surface area contributed by atoms with Gasteiger partial charge in [-0.25, -0.2) is 0 Å². The van der Waals surface area contributed by atoms with Gasteiger partial charge < -0.3 is 15.8 Å². The van der Waals surface area contributed by atoms with E-state index in [0.29, 0.717) is 11.8 Å². The Hall–Kier alpha value is -1.22.